The Balaban J connectivity index is 2.44. The minimum Gasteiger partial charge on any atom is -0.206 e. The third-order valence-electron chi connectivity index (χ3n) is 2.47. The van der Waals surface area contributed by atoms with Gasteiger partial charge in [0, 0.05) is 0 Å². The first-order valence-electron chi connectivity index (χ1n) is 5.01. The Morgan fingerprint density at radius 1 is 0.889 bits per heavy atom. The third-order valence-corrected chi connectivity index (χ3v) is 3.57. The van der Waals surface area contributed by atoms with Gasteiger partial charge in [-0.3, -0.25) is 0 Å². The van der Waals surface area contributed by atoms with E-state index in [-0.39, 0.29) is 5.82 Å². The van der Waals surface area contributed by atoms with Gasteiger partial charge in [-0.25, -0.2) is 4.39 Å². The zero-order chi connectivity index (χ0) is 13.3. The van der Waals surface area contributed by atoms with Gasteiger partial charge in [0.15, 0.2) is 0 Å². The largest absolute Gasteiger partial charge is 0.416 e. The molecule has 0 unspecified atom stereocenters. The number of benzene rings is 2. The molecular formula is C13H7F4I. The molecule has 0 spiro atoms. The average Bonchev–Trinajstić information content (AvgIpc) is 2.32. The number of hydrogen-bond donors (Lipinski definition) is 0. The van der Waals surface area contributed by atoms with Crippen molar-refractivity contribution in [2.45, 2.75) is 6.18 Å². The van der Waals surface area contributed by atoms with E-state index in [4.69, 9.17) is 0 Å². The second-order valence-corrected chi connectivity index (χ2v) is 4.76. The molecule has 5 heteroatoms. The molecule has 18 heavy (non-hydrogen) atoms. The first-order valence-corrected chi connectivity index (χ1v) is 6.09. The molecule has 0 atom stereocenters. The zero-order valence-electron chi connectivity index (χ0n) is 8.93. The molecule has 0 saturated heterocycles. The third kappa shape index (κ3) is 2.66. The van der Waals surface area contributed by atoms with Gasteiger partial charge in [0.1, 0.15) is 5.82 Å². The molecule has 94 valence electrons. The van der Waals surface area contributed by atoms with Gasteiger partial charge in [-0.1, -0.05) is 24.3 Å². The number of hydrogen-bond acceptors (Lipinski definition) is 0. The molecule has 2 aromatic carbocycles. The highest BCUT2D eigenvalue weighted by Crippen LogP contribution is 2.32. The van der Waals surface area contributed by atoms with Crippen LogP contribution in [-0.2, 0) is 6.18 Å². The summed E-state index contributed by atoms with van der Waals surface area (Å²) in [7, 11) is 0. The predicted molar refractivity (Wildman–Crippen MR) is 69.6 cm³/mol. The summed E-state index contributed by atoms with van der Waals surface area (Å²) >= 11 is 1.84. The second kappa shape index (κ2) is 4.87. The van der Waals surface area contributed by atoms with Crippen LogP contribution in [0.25, 0.3) is 11.1 Å². The normalized spacial score (nSPS) is 11.6. The molecule has 2 rings (SSSR count). The average molecular weight is 366 g/mol. The number of rotatable bonds is 1. The lowest BCUT2D eigenvalue weighted by molar-refractivity contribution is -0.137. The maximum absolute atomic E-state index is 13.3. The van der Waals surface area contributed by atoms with Crippen molar-refractivity contribution >= 4 is 22.6 Å². The van der Waals surface area contributed by atoms with Gasteiger partial charge in [0.25, 0.3) is 0 Å². The molecule has 0 radical (unpaired) electrons. The summed E-state index contributed by atoms with van der Waals surface area (Å²) in [5, 5.41) is 0. The molecule has 0 aliphatic heterocycles. The van der Waals surface area contributed by atoms with Crippen molar-refractivity contribution in [1.29, 1.82) is 0 Å². The Labute approximate surface area is 115 Å². The van der Waals surface area contributed by atoms with E-state index >= 15 is 0 Å². The second-order valence-electron chi connectivity index (χ2n) is 3.68. The molecule has 0 aliphatic rings. The SMILES string of the molecule is Fc1cccc(-c2ccc(C(F)(F)F)cc2)c1I. The highest BCUT2D eigenvalue weighted by atomic mass is 127. The predicted octanol–water partition coefficient (Wildman–Crippen LogP) is 5.12. The Morgan fingerprint density at radius 2 is 1.50 bits per heavy atom. The maximum Gasteiger partial charge on any atom is 0.416 e. The lowest BCUT2D eigenvalue weighted by Crippen LogP contribution is -2.04. The lowest BCUT2D eigenvalue weighted by Gasteiger charge is -2.09. The number of halogens is 5. The van der Waals surface area contributed by atoms with Gasteiger partial charge in [-0.05, 0) is 51.9 Å². The highest BCUT2D eigenvalue weighted by molar-refractivity contribution is 14.1. The molecule has 0 fully saturated rings. The van der Waals surface area contributed by atoms with E-state index in [9.17, 15) is 17.6 Å². The smallest absolute Gasteiger partial charge is 0.206 e. The van der Waals surface area contributed by atoms with E-state index in [0.717, 1.165) is 12.1 Å². The van der Waals surface area contributed by atoms with Crippen molar-refractivity contribution in [2.24, 2.45) is 0 Å². The van der Waals surface area contributed by atoms with E-state index in [1.807, 2.05) is 22.6 Å². The fourth-order valence-corrected chi connectivity index (χ4v) is 2.24. The lowest BCUT2D eigenvalue weighted by atomic mass is 10.0. The fraction of sp³-hybridized carbons (Fsp3) is 0.0769. The summed E-state index contributed by atoms with van der Waals surface area (Å²) in [6.07, 6.45) is -4.35. The highest BCUT2D eigenvalue weighted by Gasteiger charge is 2.30. The molecule has 0 aromatic heterocycles. The Kier molecular flexibility index (Phi) is 3.61. The van der Waals surface area contributed by atoms with Crippen LogP contribution < -0.4 is 0 Å². The Hall–Kier alpha value is -1.11. The molecule has 0 amide bonds. The van der Waals surface area contributed by atoms with Gasteiger partial charge >= 0.3 is 6.18 Å². The van der Waals surface area contributed by atoms with E-state index < -0.39 is 11.7 Å². The molecule has 0 nitrogen and oxygen atoms in total. The van der Waals surface area contributed by atoms with E-state index in [1.54, 1.807) is 6.07 Å². The minimum atomic E-state index is -4.35. The molecular weight excluding hydrogens is 359 g/mol. The topological polar surface area (TPSA) is 0 Å². The van der Waals surface area contributed by atoms with E-state index in [0.29, 0.717) is 14.7 Å². The molecule has 0 aliphatic carbocycles. The summed E-state index contributed by atoms with van der Waals surface area (Å²) in [5.41, 5.74) is 0.439. The van der Waals surface area contributed by atoms with Crippen LogP contribution in [0.15, 0.2) is 42.5 Å². The van der Waals surface area contributed by atoms with Crippen LogP contribution in [0.4, 0.5) is 17.6 Å². The first kappa shape index (κ1) is 13.3. The Morgan fingerprint density at radius 3 is 2.06 bits per heavy atom. The van der Waals surface area contributed by atoms with Crippen LogP contribution in [0.3, 0.4) is 0 Å². The van der Waals surface area contributed by atoms with Crippen LogP contribution in [0, 0.1) is 9.39 Å². The van der Waals surface area contributed by atoms with Crippen molar-refractivity contribution in [2.75, 3.05) is 0 Å². The van der Waals surface area contributed by atoms with Crippen molar-refractivity contribution < 1.29 is 17.6 Å². The molecule has 0 heterocycles. The van der Waals surface area contributed by atoms with Crippen molar-refractivity contribution in [3.8, 4) is 11.1 Å². The first-order chi connectivity index (χ1) is 8.39. The van der Waals surface area contributed by atoms with Gasteiger partial charge < -0.3 is 0 Å². The number of alkyl halides is 3. The molecule has 0 saturated carbocycles. The van der Waals surface area contributed by atoms with Crippen molar-refractivity contribution in [3.05, 3.63) is 57.4 Å². The summed E-state index contributed by atoms with van der Waals surface area (Å²) in [6.45, 7) is 0. The molecule has 2 aromatic rings. The summed E-state index contributed by atoms with van der Waals surface area (Å²) in [4.78, 5) is 0. The van der Waals surface area contributed by atoms with Gasteiger partial charge in [-0.15, -0.1) is 0 Å². The van der Waals surface area contributed by atoms with Gasteiger partial charge in [-0.2, -0.15) is 13.2 Å². The zero-order valence-corrected chi connectivity index (χ0v) is 11.1. The monoisotopic (exact) mass is 366 g/mol. The minimum absolute atomic E-state index is 0.381. The maximum atomic E-state index is 13.3. The van der Waals surface area contributed by atoms with Crippen LogP contribution in [0.2, 0.25) is 0 Å². The summed E-state index contributed by atoms with van der Waals surface area (Å²) in [5.74, 6) is -0.381. The van der Waals surface area contributed by atoms with Crippen LogP contribution in [0.5, 0.6) is 0 Å². The van der Waals surface area contributed by atoms with Gasteiger partial charge in [0.05, 0.1) is 9.13 Å². The van der Waals surface area contributed by atoms with E-state index in [1.165, 1.54) is 24.3 Å². The van der Waals surface area contributed by atoms with Gasteiger partial charge in [0.2, 0.25) is 0 Å². The molecule has 0 N–H and O–H groups in total. The standard InChI is InChI=1S/C13H7F4I/c14-11-3-1-2-10(12(11)18)8-4-6-9(7-5-8)13(15,16)17/h1-7H. The van der Waals surface area contributed by atoms with Crippen LogP contribution >= 0.6 is 22.6 Å². The van der Waals surface area contributed by atoms with Crippen molar-refractivity contribution in [3.63, 3.8) is 0 Å². The molecule has 0 bridgehead atoms. The quantitative estimate of drug-likeness (QED) is 0.486. The van der Waals surface area contributed by atoms with E-state index in [2.05, 4.69) is 0 Å². The Bertz CT molecular complexity index is 558. The fourth-order valence-electron chi connectivity index (χ4n) is 1.57. The van der Waals surface area contributed by atoms with Crippen LogP contribution in [0.1, 0.15) is 5.56 Å². The summed E-state index contributed by atoms with van der Waals surface area (Å²) in [6, 6.07) is 9.21. The van der Waals surface area contributed by atoms with Crippen molar-refractivity contribution in [1.82, 2.24) is 0 Å². The summed E-state index contributed by atoms with van der Waals surface area (Å²) < 4.78 is 51.0. The van der Waals surface area contributed by atoms with Crippen LogP contribution in [-0.4, -0.2) is 0 Å².